The highest BCUT2D eigenvalue weighted by Gasteiger charge is 2.31. The fraction of sp³-hybridized carbons (Fsp3) is 0.421. The number of carboxylic acids is 1. The molecule has 0 aromatic carbocycles. The summed E-state index contributed by atoms with van der Waals surface area (Å²) in [5.41, 5.74) is 3.15. The van der Waals surface area contributed by atoms with Crippen LogP contribution in [0, 0.1) is 5.41 Å². The van der Waals surface area contributed by atoms with Crippen molar-refractivity contribution in [3.8, 4) is 0 Å². The van der Waals surface area contributed by atoms with Crippen molar-refractivity contribution in [2.24, 2.45) is 5.41 Å². The minimum Gasteiger partial charge on any atom is -0.478 e. The number of allylic oxidation sites excluding steroid dienone is 6. The predicted octanol–water partition coefficient (Wildman–Crippen LogP) is 4.18. The van der Waals surface area contributed by atoms with Gasteiger partial charge in [-0.05, 0) is 49.8 Å². The van der Waals surface area contributed by atoms with Crippen molar-refractivity contribution in [3.63, 3.8) is 0 Å². The molecule has 2 N–H and O–H groups in total. The molecule has 0 aliphatic heterocycles. The molecule has 0 radical (unpaired) electrons. The Balaban J connectivity index is 3.07. The van der Waals surface area contributed by atoms with Crippen LogP contribution in [0.15, 0.2) is 59.3 Å². The van der Waals surface area contributed by atoms with Gasteiger partial charge < -0.3 is 10.2 Å². The fourth-order valence-electron chi connectivity index (χ4n) is 2.87. The summed E-state index contributed by atoms with van der Waals surface area (Å²) in [6, 6.07) is 0. The molecule has 0 aromatic rings. The molecule has 120 valence electrons. The van der Waals surface area contributed by atoms with E-state index in [2.05, 4.69) is 20.4 Å². The van der Waals surface area contributed by atoms with E-state index in [1.54, 1.807) is 24.3 Å². The molecule has 0 saturated heterocycles. The second-order valence-electron chi connectivity index (χ2n) is 6.61. The molecule has 3 nitrogen and oxygen atoms in total. The van der Waals surface area contributed by atoms with Crippen molar-refractivity contribution in [3.05, 3.63) is 59.3 Å². The molecule has 3 heteroatoms. The van der Waals surface area contributed by atoms with Gasteiger partial charge >= 0.3 is 5.97 Å². The summed E-state index contributed by atoms with van der Waals surface area (Å²) < 4.78 is 0. The van der Waals surface area contributed by atoms with Crippen molar-refractivity contribution < 1.29 is 15.0 Å². The lowest BCUT2D eigenvalue weighted by atomic mass is 9.71. The maximum atomic E-state index is 11.3. The van der Waals surface area contributed by atoms with Crippen LogP contribution < -0.4 is 0 Å². The smallest absolute Gasteiger partial charge is 0.335 e. The third-order valence-electron chi connectivity index (χ3n) is 3.81. The SMILES string of the molecule is C=C(C)/C=C/C=C(/C=C/C1=C(C)CC(O)CC1(C)C)C(=O)O. The van der Waals surface area contributed by atoms with E-state index >= 15 is 0 Å². The molecule has 0 saturated carbocycles. The molecule has 0 aromatic heterocycles. The largest absolute Gasteiger partial charge is 0.478 e. The Bertz CT molecular complexity index is 571. The number of hydrogen-bond donors (Lipinski definition) is 2. The second kappa shape index (κ2) is 7.41. The Morgan fingerprint density at radius 2 is 2.00 bits per heavy atom. The van der Waals surface area contributed by atoms with E-state index in [0.29, 0.717) is 12.8 Å². The Hall–Kier alpha value is -1.87. The third-order valence-corrected chi connectivity index (χ3v) is 3.81. The first kappa shape index (κ1) is 18.2. The molecule has 0 fully saturated rings. The topological polar surface area (TPSA) is 57.5 Å². The lowest BCUT2D eigenvalue weighted by molar-refractivity contribution is -0.132. The zero-order chi connectivity index (χ0) is 16.9. The van der Waals surface area contributed by atoms with E-state index in [4.69, 9.17) is 0 Å². The molecule has 0 spiro atoms. The van der Waals surface area contributed by atoms with Crippen LogP contribution in [0.3, 0.4) is 0 Å². The van der Waals surface area contributed by atoms with Crippen LogP contribution in [0.2, 0.25) is 0 Å². The van der Waals surface area contributed by atoms with Crippen LogP contribution >= 0.6 is 0 Å². The molecule has 22 heavy (non-hydrogen) atoms. The molecular weight excluding hydrogens is 276 g/mol. The van der Waals surface area contributed by atoms with Crippen molar-refractivity contribution in [2.45, 2.75) is 46.6 Å². The highest BCUT2D eigenvalue weighted by Crippen LogP contribution is 2.41. The maximum Gasteiger partial charge on any atom is 0.335 e. The van der Waals surface area contributed by atoms with E-state index in [1.807, 2.05) is 19.9 Å². The van der Waals surface area contributed by atoms with Gasteiger partial charge in [0, 0.05) is 0 Å². The van der Waals surface area contributed by atoms with Crippen molar-refractivity contribution >= 4 is 5.97 Å². The lowest BCUT2D eigenvalue weighted by Gasteiger charge is -2.35. The van der Waals surface area contributed by atoms with Gasteiger partial charge in [-0.25, -0.2) is 4.79 Å². The van der Waals surface area contributed by atoms with Crippen LogP contribution in [-0.2, 0) is 4.79 Å². The van der Waals surface area contributed by atoms with Crippen molar-refractivity contribution in [1.29, 1.82) is 0 Å². The standard InChI is InChI=1S/C19H26O3/c1-13(2)7-6-8-15(18(21)22)9-10-17-14(3)11-16(20)12-19(17,4)5/h6-10,16,20H,1,11-12H2,2-5H3,(H,21,22)/b7-6+,10-9+,15-8-. The summed E-state index contributed by atoms with van der Waals surface area (Å²) in [6.45, 7) is 11.7. The van der Waals surface area contributed by atoms with Crippen molar-refractivity contribution in [1.82, 2.24) is 0 Å². The zero-order valence-corrected chi connectivity index (χ0v) is 13.9. The van der Waals surface area contributed by atoms with Crippen LogP contribution in [0.5, 0.6) is 0 Å². The fourth-order valence-corrected chi connectivity index (χ4v) is 2.87. The summed E-state index contributed by atoms with van der Waals surface area (Å²) in [6.07, 6.45) is 9.53. The summed E-state index contributed by atoms with van der Waals surface area (Å²) in [5.74, 6) is -0.963. The molecule has 1 rings (SSSR count). The number of aliphatic hydroxyl groups is 1. The monoisotopic (exact) mass is 302 g/mol. The maximum absolute atomic E-state index is 11.3. The number of hydrogen-bond acceptors (Lipinski definition) is 2. The van der Waals surface area contributed by atoms with Gasteiger partial charge in [0.1, 0.15) is 0 Å². The Labute approximate surface area is 133 Å². The Kier molecular flexibility index (Phi) is 6.12. The highest BCUT2D eigenvalue weighted by atomic mass is 16.4. The molecule has 1 atom stereocenters. The lowest BCUT2D eigenvalue weighted by Crippen LogP contribution is -2.28. The minimum absolute atomic E-state index is 0.157. The molecule has 0 bridgehead atoms. The van der Waals surface area contributed by atoms with E-state index < -0.39 is 5.97 Å². The molecule has 0 heterocycles. The first-order chi connectivity index (χ1) is 10.1. The highest BCUT2D eigenvalue weighted by molar-refractivity contribution is 5.90. The summed E-state index contributed by atoms with van der Waals surface area (Å²) in [4.78, 5) is 11.3. The number of carboxylic acid groups (broad SMARTS) is 1. The first-order valence-corrected chi connectivity index (χ1v) is 7.47. The van der Waals surface area contributed by atoms with Crippen LogP contribution in [0.1, 0.15) is 40.5 Å². The average molecular weight is 302 g/mol. The van der Waals surface area contributed by atoms with Gasteiger partial charge in [-0.3, -0.25) is 0 Å². The van der Waals surface area contributed by atoms with Gasteiger partial charge in [-0.2, -0.15) is 0 Å². The average Bonchev–Trinajstić information content (AvgIpc) is 2.33. The molecule has 0 amide bonds. The molecule has 1 unspecified atom stereocenters. The number of aliphatic hydroxyl groups excluding tert-OH is 1. The number of carbonyl (C=O) groups is 1. The molecule has 1 aliphatic rings. The summed E-state index contributed by atoms with van der Waals surface area (Å²) in [7, 11) is 0. The quantitative estimate of drug-likeness (QED) is 0.591. The Morgan fingerprint density at radius 1 is 1.36 bits per heavy atom. The summed E-state index contributed by atoms with van der Waals surface area (Å²) >= 11 is 0. The van der Waals surface area contributed by atoms with Gasteiger partial charge in [0.15, 0.2) is 0 Å². The summed E-state index contributed by atoms with van der Waals surface area (Å²) in [5, 5.41) is 19.2. The van der Waals surface area contributed by atoms with Gasteiger partial charge in [-0.15, -0.1) is 0 Å². The van der Waals surface area contributed by atoms with E-state index in [1.165, 1.54) is 0 Å². The van der Waals surface area contributed by atoms with E-state index in [-0.39, 0.29) is 17.1 Å². The van der Waals surface area contributed by atoms with Gasteiger partial charge in [0.25, 0.3) is 0 Å². The predicted molar refractivity (Wildman–Crippen MR) is 90.5 cm³/mol. The van der Waals surface area contributed by atoms with Gasteiger partial charge in [0.2, 0.25) is 0 Å². The normalized spacial score (nSPS) is 22.6. The molecular formula is C19H26O3. The number of aliphatic carboxylic acids is 1. The number of rotatable bonds is 5. The van der Waals surface area contributed by atoms with Gasteiger partial charge in [-0.1, -0.05) is 49.8 Å². The van der Waals surface area contributed by atoms with Crippen LogP contribution in [0.25, 0.3) is 0 Å². The Morgan fingerprint density at radius 3 is 2.50 bits per heavy atom. The second-order valence-corrected chi connectivity index (χ2v) is 6.61. The van der Waals surface area contributed by atoms with Crippen LogP contribution in [-0.4, -0.2) is 22.3 Å². The molecule has 1 aliphatic carbocycles. The first-order valence-electron chi connectivity index (χ1n) is 7.47. The van der Waals surface area contributed by atoms with Crippen LogP contribution in [0.4, 0.5) is 0 Å². The van der Waals surface area contributed by atoms with E-state index in [0.717, 1.165) is 16.7 Å². The minimum atomic E-state index is -0.963. The zero-order valence-electron chi connectivity index (χ0n) is 13.9. The third kappa shape index (κ3) is 5.15. The van der Waals surface area contributed by atoms with Crippen molar-refractivity contribution in [2.75, 3.05) is 0 Å². The van der Waals surface area contributed by atoms with Gasteiger partial charge in [0.05, 0.1) is 11.7 Å². The van der Waals surface area contributed by atoms with E-state index in [9.17, 15) is 15.0 Å².